The Morgan fingerprint density at radius 3 is 2.67 bits per heavy atom. The lowest BCUT2D eigenvalue weighted by atomic mass is 9.85. The highest BCUT2D eigenvalue weighted by Gasteiger charge is 2.25. The number of benzene rings is 1. The van der Waals surface area contributed by atoms with E-state index < -0.39 is 0 Å². The molecule has 100 valence electrons. The molecule has 18 heavy (non-hydrogen) atoms. The standard InChI is InChI=1S/C16H25NO/c1-17-12-15(13-7-3-4-8-13)11-14-9-5-6-10-16(14)18-2/h5-6,9-10,13,15,17H,3-4,7-8,11-12H2,1-2H3. The van der Waals surface area contributed by atoms with Crippen molar-refractivity contribution in [3.63, 3.8) is 0 Å². The summed E-state index contributed by atoms with van der Waals surface area (Å²) in [5.74, 6) is 2.67. The molecule has 0 spiro atoms. The molecule has 0 aliphatic heterocycles. The number of ether oxygens (including phenoxy) is 1. The summed E-state index contributed by atoms with van der Waals surface area (Å²) in [5.41, 5.74) is 1.35. The van der Waals surface area contributed by atoms with E-state index >= 15 is 0 Å². The third kappa shape index (κ3) is 3.26. The minimum Gasteiger partial charge on any atom is -0.496 e. The zero-order valence-corrected chi connectivity index (χ0v) is 11.6. The summed E-state index contributed by atoms with van der Waals surface area (Å²) in [6.07, 6.45) is 6.77. The predicted molar refractivity (Wildman–Crippen MR) is 76.1 cm³/mol. The summed E-state index contributed by atoms with van der Waals surface area (Å²) in [4.78, 5) is 0. The number of nitrogens with one attached hydrogen (secondary N) is 1. The van der Waals surface area contributed by atoms with Crippen LogP contribution in [0.5, 0.6) is 5.75 Å². The van der Waals surface area contributed by atoms with E-state index in [1.54, 1.807) is 7.11 Å². The Bertz CT molecular complexity index is 358. The second-order valence-electron chi connectivity index (χ2n) is 5.38. The summed E-state index contributed by atoms with van der Waals surface area (Å²) in [5, 5.41) is 3.36. The largest absolute Gasteiger partial charge is 0.496 e. The number of hydrogen-bond donors (Lipinski definition) is 1. The molecular formula is C16H25NO. The van der Waals surface area contributed by atoms with Gasteiger partial charge in [-0.25, -0.2) is 0 Å². The van der Waals surface area contributed by atoms with Crippen LogP contribution in [0.1, 0.15) is 31.2 Å². The number of para-hydroxylation sites is 1. The molecule has 0 radical (unpaired) electrons. The predicted octanol–water partition coefficient (Wildman–Crippen LogP) is 3.26. The van der Waals surface area contributed by atoms with Gasteiger partial charge < -0.3 is 10.1 Å². The molecule has 1 aliphatic carbocycles. The summed E-state index contributed by atoms with van der Waals surface area (Å²) >= 11 is 0. The van der Waals surface area contributed by atoms with Crippen molar-refractivity contribution in [1.82, 2.24) is 5.32 Å². The van der Waals surface area contributed by atoms with Crippen molar-refractivity contribution in [3.05, 3.63) is 29.8 Å². The first kappa shape index (κ1) is 13.4. The van der Waals surface area contributed by atoms with Gasteiger partial charge in [-0.1, -0.05) is 43.9 Å². The van der Waals surface area contributed by atoms with Gasteiger partial charge in [0.2, 0.25) is 0 Å². The molecule has 1 aliphatic rings. The third-order valence-electron chi connectivity index (χ3n) is 4.21. The van der Waals surface area contributed by atoms with Gasteiger partial charge in [-0.15, -0.1) is 0 Å². The molecule has 0 saturated heterocycles. The monoisotopic (exact) mass is 247 g/mol. The Kier molecular flexibility index (Phi) is 5.06. The van der Waals surface area contributed by atoms with E-state index in [1.807, 2.05) is 6.07 Å². The van der Waals surface area contributed by atoms with Crippen LogP contribution in [-0.2, 0) is 6.42 Å². The van der Waals surface area contributed by atoms with Crippen molar-refractivity contribution in [3.8, 4) is 5.75 Å². The molecule has 1 saturated carbocycles. The normalized spacial score (nSPS) is 17.9. The molecule has 0 bridgehead atoms. The van der Waals surface area contributed by atoms with Gasteiger partial charge in [-0.05, 0) is 43.5 Å². The maximum Gasteiger partial charge on any atom is 0.122 e. The van der Waals surface area contributed by atoms with Crippen molar-refractivity contribution in [2.45, 2.75) is 32.1 Å². The van der Waals surface area contributed by atoms with E-state index in [1.165, 1.54) is 31.2 Å². The van der Waals surface area contributed by atoms with Gasteiger partial charge in [-0.3, -0.25) is 0 Å². The molecule has 1 N–H and O–H groups in total. The van der Waals surface area contributed by atoms with Gasteiger partial charge >= 0.3 is 0 Å². The van der Waals surface area contributed by atoms with Gasteiger partial charge in [0.05, 0.1) is 7.11 Å². The average molecular weight is 247 g/mol. The fourth-order valence-corrected chi connectivity index (χ4v) is 3.25. The first-order valence-electron chi connectivity index (χ1n) is 7.11. The SMILES string of the molecule is CNCC(Cc1ccccc1OC)C1CCCC1. The van der Waals surface area contributed by atoms with Crippen LogP contribution in [0, 0.1) is 11.8 Å². The minimum absolute atomic E-state index is 0.744. The summed E-state index contributed by atoms with van der Waals surface area (Å²) in [6, 6.07) is 8.44. The molecular weight excluding hydrogens is 222 g/mol. The lowest BCUT2D eigenvalue weighted by Gasteiger charge is -2.24. The Balaban J connectivity index is 2.07. The van der Waals surface area contributed by atoms with E-state index in [9.17, 15) is 0 Å². The van der Waals surface area contributed by atoms with Gasteiger partial charge in [0.25, 0.3) is 0 Å². The van der Waals surface area contributed by atoms with Crippen LogP contribution in [-0.4, -0.2) is 20.7 Å². The Hall–Kier alpha value is -1.02. The quantitative estimate of drug-likeness (QED) is 0.833. The van der Waals surface area contributed by atoms with Crippen molar-refractivity contribution >= 4 is 0 Å². The zero-order valence-electron chi connectivity index (χ0n) is 11.6. The fourth-order valence-electron chi connectivity index (χ4n) is 3.25. The topological polar surface area (TPSA) is 21.3 Å². The molecule has 0 aromatic heterocycles. The third-order valence-corrected chi connectivity index (χ3v) is 4.21. The van der Waals surface area contributed by atoms with E-state index in [0.717, 1.165) is 30.6 Å². The van der Waals surface area contributed by atoms with Crippen LogP contribution < -0.4 is 10.1 Å². The van der Waals surface area contributed by atoms with E-state index in [4.69, 9.17) is 4.74 Å². The van der Waals surface area contributed by atoms with Gasteiger partial charge in [0.15, 0.2) is 0 Å². The first-order chi connectivity index (χ1) is 8.85. The van der Waals surface area contributed by atoms with Crippen LogP contribution in [0.4, 0.5) is 0 Å². The van der Waals surface area contributed by atoms with Crippen molar-refractivity contribution < 1.29 is 4.74 Å². The van der Waals surface area contributed by atoms with Gasteiger partial charge in [-0.2, -0.15) is 0 Å². The summed E-state index contributed by atoms with van der Waals surface area (Å²) in [7, 11) is 3.83. The molecule has 1 aromatic rings. The molecule has 1 atom stereocenters. The van der Waals surface area contributed by atoms with Crippen LogP contribution in [0.2, 0.25) is 0 Å². The van der Waals surface area contributed by atoms with Crippen LogP contribution >= 0.6 is 0 Å². The van der Waals surface area contributed by atoms with Crippen LogP contribution in [0.25, 0.3) is 0 Å². The second-order valence-corrected chi connectivity index (χ2v) is 5.38. The molecule has 1 fully saturated rings. The fraction of sp³-hybridized carbons (Fsp3) is 0.625. The molecule has 2 heteroatoms. The average Bonchev–Trinajstić information content (AvgIpc) is 2.92. The smallest absolute Gasteiger partial charge is 0.122 e. The Morgan fingerprint density at radius 2 is 2.00 bits per heavy atom. The highest BCUT2D eigenvalue weighted by molar-refractivity contribution is 5.33. The van der Waals surface area contributed by atoms with Crippen molar-refractivity contribution in [2.75, 3.05) is 20.7 Å². The molecule has 1 unspecified atom stereocenters. The zero-order chi connectivity index (χ0) is 12.8. The molecule has 2 nitrogen and oxygen atoms in total. The second kappa shape index (κ2) is 6.79. The van der Waals surface area contributed by atoms with Gasteiger partial charge in [0, 0.05) is 0 Å². The van der Waals surface area contributed by atoms with Crippen LogP contribution in [0.15, 0.2) is 24.3 Å². The van der Waals surface area contributed by atoms with Gasteiger partial charge in [0.1, 0.15) is 5.75 Å². The van der Waals surface area contributed by atoms with Crippen molar-refractivity contribution in [2.24, 2.45) is 11.8 Å². The highest BCUT2D eigenvalue weighted by atomic mass is 16.5. The molecule has 2 rings (SSSR count). The number of rotatable bonds is 6. The summed E-state index contributed by atoms with van der Waals surface area (Å²) < 4.78 is 5.47. The lowest BCUT2D eigenvalue weighted by Crippen LogP contribution is -2.26. The maximum absolute atomic E-state index is 5.47. The van der Waals surface area contributed by atoms with Crippen molar-refractivity contribution in [1.29, 1.82) is 0 Å². The minimum atomic E-state index is 0.744. The van der Waals surface area contributed by atoms with E-state index in [-0.39, 0.29) is 0 Å². The molecule has 0 amide bonds. The molecule has 0 heterocycles. The summed E-state index contributed by atoms with van der Waals surface area (Å²) in [6.45, 7) is 1.11. The lowest BCUT2D eigenvalue weighted by molar-refractivity contribution is 0.322. The maximum atomic E-state index is 5.47. The van der Waals surface area contributed by atoms with Crippen LogP contribution in [0.3, 0.4) is 0 Å². The number of methoxy groups -OCH3 is 1. The Morgan fingerprint density at radius 1 is 1.28 bits per heavy atom. The first-order valence-corrected chi connectivity index (χ1v) is 7.11. The highest BCUT2D eigenvalue weighted by Crippen LogP contribution is 2.34. The van der Waals surface area contributed by atoms with E-state index in [2.05, 4.69) is 30.6 Å². The Labute approximate surface area is 111 Å². The van der Waals surface area contributed by atoms with E-state index in [0.29, 0.717) is 0 Å². The molecule has 1 aromatic carbocycles. The number of hydrogen-bond acceptors (Lipinski definition) is 2.